The molecule has 1 heterocycles. The topological polar surface area (TPSA) is 26.2 Å². The highest BCUT2D eigenvalue weighted by Crippen LogP contribution is 2.24. The molecule has 28 heavy (non-hydrogen) atoms. The van der Waals surface area contributed by atoms with Gasteiger partial charge in [-0.2, -0.15) is 8.78 Å². The second-order valence-corrected chi connectivity index (χ2v) is 6.39. The summed E-state index contributed by atoms with van der Waals surface area (Å²) < 4.78 is 70.3. The summed E-state index contributed by atoms with van der Waals surface area (Å²) in [5.74, 6) is -4.38. The van der Waals surface area contributed by atoms with Gasteiger partial charge in [0.2, 0.25) is 0 Å². The molecule has 8 heteroatoms. The zero-order valence-corrected chi connectivity index (χ0v) is 14.8. The van der Waals surface area contributed by atoms with Crippen molar-refractivity contribution in [2.75, 3.05) is 13.2 Å². The van der Waals surface area contributed by atoms with Crippen molar-refractivity contribution in [3.8, 4) is 5.75 Å². The molecule has 0 aliphatic carbocycles. The summed E-state index contributed by atoms with van der Waals surface area (Å²) in [6, 6.07) is 12.9. The van der Waals surface area contributed by atoms with E-state index >= 15 is 0 Å². The normalized spacial score (nSPS) is 12.1. The monoisotopic (exact) mass is 398 g/mol. The van der Waals surface area contributed by atoms with E-state index in [0.717, 1.165) is 16.5 Å². The fraction of sp³-hybridized carbons (Fsp3) is 0.300. The number of ether oxygens (including phenoxy) is 1. The number of nitrogens with one attached hydrogen (secondary N) is 1. The molecule has 0 aliphatic rings. The van der Waals surface area contributed by atoms with Crippen LogP contribution in [0.2, 0.25) is 0 Å². The van der Waals surface area contributed by atoms with E-state index in [0.29, 0.717) is 19.6 Å². The summed E-state index contributed by atoms with van der Waals surface area (Å²) >= 11 is 0. The first kappa shape index (κ1) is 20.1. The molecule has 2 aromatic carbocycles. The molecular formula is C20H19F5N2O. The molecule has 0 fully saturated rings. The summed E-state index contributed by atoms with van der Waals surface area (Å²) in [7, 11) is 0. The van der Waals surface area contributed by atoms with Crippen LogP contribution in [0, 0.1) is 5.82 Å². The Hall–Kier alpha value is -2.61. The van der Waals surface area contributed by atoms with Crippen molar-refractivity contribution >= 4 is 10.9 Å². The lowest BCUT2D eigenvalue weighted by Gasteiger charge is -2.16. The average Bonchev–Trinajstić information content (AvgIpc) is 3.06. The molecule has 150 valence electrons. The van der Waals surface area contributed by atoms with Crippen molar-refractivity contribution in [3.63, 3.8) is 0 Å². The molecule has 0 spiro atoms. The largest absolute Gasteiger partial charge is 0.487 e. The Kier molecular flexibility index (Phi) is 6.18. The number of rotatable bonds is 9. The zero-order chi connectivity index (χ0) is 20.1. The molecule has 3 aromatic rings. The number of hydrogen-bond acceptors (Lipinski definition) is 2. The van der Waals surface area contributed by atoms with E-state index in [1.54, 1.807) is 18.2 Å². The fourth-order valence-corrected chi connectivity index (χ4v) is 2.77. The third kappa shape index (κ3) is 5.01. The van der Waals surface area contributed by atoms with Gasteiger partial charge in [0.05, 0.1) is 5.52 Å². The second-order valence-electron chi connectivity index (χ2n) is 6.39. The van der Waals surface area contributed by atoms with Gasteiger partial charge in [-0.05, 0) is 47.3 Å². The van der Waals surface area contributed by atoms with Crippen LogP contribution in [0.15, 0.2) is 54.7 Å². The minimum atomic E-state index is -4.19. The van der Waals surface area contributed by atoms with Crippen molar-refractivity contribution in [1.82, 2.24) is 9.88 Å². The number of aromatic nitrogens is 1. The molecule has 0 atom stereocenters. The number of nitrogens with zero attached hydrogens (tertiary/aromatic N) is 1. The predicted octanol–water partition coefficient (Wildman–Crippen LogP) is 4.85. The number of alkyl halides is 4. The van der Waals surface area contributed by atoms with Crippen LogP contribution in [0.4, 0.5) is 22.0 Å². The first-order valence-electron chi connectivity index (χ1n) is 8.68. The van der Waals surface area contributed by atoms with Gasteiger partial charge >= 0.3 is 12.3 Å². The maximum Gasteiger partial charge on any atom is 0.340 e. The molecule has 0 radical (unpaired) electrons. The molecule has 0 amide bonds. The first-order valence-corrected chi connectivity index (χ1v) is 8.68. The van der Waals surface area contributed by atoms with Crippen LogP contribution in [0.25, 0.3) is 10.9 Å². The molecule has 0 aliphatic heterocycles. The molecule has 1 N–H and O–H groups in total. The van der Waals surface area contributed by atoms with Gasteiger partial charge in [0.15, 0.2) is 6.61 Å². The van der Waals surface area contributed by atoms with Crippen molar-refractivity contribution < 1.29 is 26.7 Å². The van der Waals surface area contributed by atoms with Gasteiger partial charge in [-0.25, -0.2) is 13.2 Å². The summed E-state index contributed by atoms with van der Waals surface area (Å²) in [4.78, 5) is 0. The van der Waals surface area contributed by atoms with Gasteiger partial charge in [0.1, 0.15) is 11.6 Å². The lowest BCUT2D eigenvalue weighted by atomic mass is 10.2. The lowest BCUT2D eigenvalue weighted by molar-refractivity contribution is -0.148. The van der Waals surface area contributed by atoms with Crippen LogP contribution in [0.3, 0.4) is 0 Å². The van der Waals surface area contributed by atoms with Crippen LogP contribution >= 0.6 is 0 Å². The van der Waals surface area contributed by atoms with Crippen LogP contribution in [0.5, 0.6) is 5.75 Å². The maximum atomic E-state index is 13.4. The van der Waals surface area contributed by atoms with Gasteiger partial charge in [-0.1, -0.05) is 12.1 Å². The third-order valence-corrected chi connectivity index (χ3v) is 4.24. The molecule has 1 aromatic heterocycles. The third-order valence-electron chi connectivity index (χ3n) is 4.24. The van der Waals surface area contributed by atoms with Crippen molar-refractivity contribution in [2.24, 2.45) is 0 Å². The average molecular weight is 398 g/mol. The predicted molar refractivity (Wildman–Crippen MR) is 96.5 cm³/mol. The van der Waals surface area contributed by atoms with Gasteiger partial charge in [-0.3, -0.25) is 0 Å². The van der Waals surface area contributed by atoms with E-state index in [4.69, 9.17) is 4.74 Å². The Morgan fingerprint density at radius 3 is 2.68 bits per heavy atom. The minimum absolute atomic E-state index is 0.103. The highest BCUT2D eigenvalue weighted by Gasteiger charge is 2.41. The van der Waals surface area contributed by atoms with Crippen LogP contribution in [0.1, 0.15) is 5.56 Å². The molecular weight excluding hydrogens is 379 g/mol. The quantitative estimate of drug-likeness (QED) is 0.412. The van der Waals surface area contributed by atoms with Gasteiger partial charge < -0.3 is 14.6 Å². The number of hydrogen-bond donors (Lipinski definition) is 1. The van der Waals surface area contributed by atoms with E-state index in [2.05, 4.69) is 5.32 Å². The fourth-order valence-electron chi connectivity index (χ4n) is 2.77. The Labute approximate surface area is 158 Å². The molecule has 3 rings (SSSR count). The van der Waals surface area contributed by atoms with Crippen molar-refractivity contribution in [3.05, 3.63) is 66.1 Å². The Morgan fingerprint density at radius 1 is 1.07 bits per heavy atom. The SMILES string of the molecule is Fc1ccc2ccn(CCNCc3cccc(OCC(F)(F)C(F)F)c3)c2c1. The second kappa shape index (κ2) is 8.60. The molecule has 0 bridgehead atoms. The van der Waals surface area contributed by atoms with Gasteiger partial charge in [0, 0.05) is 25.8 Å². The van der Waals surface area contributed by atoms with E-state index in [1.807, 2.05) is 16.8 Å². The van der Waals surface area contributed by atoms with E-state index < -0.39 is 19.0 Å². The lowest BCUT2D eigenvalue weighted by Crippen LogP contribution is -2.33. The summed E-state index contributed by atoms with van der Waals surface area (Å²) in [5, 5.41) is 4.15. The van der Waals surface area contributed by atoms with Crippen LogP contribution in [-0.2, 0) is 13.1 Å². The molecule has 3 nitrogen and oxygen atoms in total. The number of halogens is 5. The Bertz CT molecular complexity index is 926. The minimum Gasteiger partial charge on any atom is -0.487 e. The standard InChI is InChI=1S/C20H19F5N2O/c21-16-5-4-15-6-8-27(18(15)11-16)9-7-26-12-14-2-1-3-17(10-14)28-13-20(24,25)19(22)23/h1-6,8,10-11,19,26H,7,9,12-13H2. The van der Waals surface area contributed by atoms with Gasteiger partial charge in [0.25, 0.3) is 0 Å². The smallest absolute Gasteiger partial charge is 0.340 e. The van der Waals surface area contributed by atoms with E-state index in [1.165, 1.54) is 24.3 Å². The Balaban J connectivity index is 1.50. The Morgan fingerprint density at radius 2 is 1.89 bits per heavy atom. The summed E-state index contributed by atoms with van der Waals surface area (Å²) in [6.07, 6.45) is -1.89. The first-order chi connectivity index (χ1) is 13.3. The number of fused-ring (bicyclic) bond motifs is 1. The van der Waals surface area contributed by atoms with E-state index in [-0.39, 0.29) is 11.6 Å². The van der Waals surface area contributed by atoms with E-state index in [9.17, 15) is 22.0 Å². The highest BCUT2D eigenvalue weighted by atomic mass is 19.3. The zero-order valence-electron chi connectivity index (χ0n) is 14.8. The van der Waals surface area contributed by atoms with Crippen LogP contribution in [-0.4, -0.2) is 30.1 Å². The van der Waals surface area contributed by atoms with Crippen molar-refractivity contribution in [1.29, 1.82) is 0 Å². The molecule has 0 unspecified atom stereocenters. The summed E-state index contributed by atoms with van der Waals surface area (Å²) in [5.41, 5.74) is 1.57. The van der Waals surface area contributed by atoms with Crippen LogP contribution < -0.4 is 10.1 Å². The maximum absolute atomic E-state index is 13.4. The summed E-state index contributed by atoms with van der Waals surface area (Å²) in [6.45, 7) is 0.271. The number of benzene rings is 2. The highest BCUT2D eigenvalue weighted by molar-refractivity contribution is 5.80. The molecule has 0 saturated carbocycles. The van der Waals surface area contributed by atoms with Gasteiger partial charge in [-0.15, -0.1) is 0 Å². The molecule has 0 saturated heterocycles. The van der Waals surface area contributed by atoms with Crippen molar-refractivity contribution in [2.45, 2.75) is 25.4 Å².